The van der Waals surface area contributed by atoms with E-state index in [0.29, 0.717) is 32.7 Å². The Labute approximate surface area is 282 Å². The molecule has 8 aromatic carbocycles. The predicted octanol–water partition coefficient (Wildman–Crippen LogP) is 12.6. The summed E-state index contributed by atoms with van der Waals surface area (Å²) in [5.74, 6) is 0. The van der Waals surface area contributed by atoms with Gasteiger partial charge in [0.1, 0.15) is 11.2 Å². The Hall–Kier alpha value is -5.92. The van der Waals surface area contributed by atoms with E-state index in [1.165, 1.54) is 0 Å². The largest absolute Gasteiger partial charge is 0.456 e. The van der Waals surface area contributed by atoms with Gasteiger partial charge in [0, 0.05) is 10.8 Å². The zero-order valence-corrected chi connectivity index (χ0v) is 23.4. The Morgan fingerprint density at radius 1 is 0.333 bits per heavy atom. The molecule has 0 spiro atoms. The second kappa shape index (κ2) is 10.4. The predicted molar refractivity (Wildman–Crippen MR) is 190 cm³/mol. The van der Waals surface area contributed by atoms with Crippen LogP contribution in [0.1, 0.15) is 20.6 Å². The average Bonchev–Trinajstić information content (AvgIpc) is 3.67. The minimum atomic E-state index is -0.683. The van der Waals surface area contributed by atoms with Crippen LogP contribution in [0.3, 0.4) is 0 Å². The van der Waals surface area contributed by atoms with Gasteiger partial charge in [0.15, 0.2) is 0 Å². The van der Waals surface area contributed by atoms with Crippen molar-refractivity contribution in [2.24, 2.45) is 0 Å². The summed E-state index contributed by atoms with van der Waals surface area (Å²) in [4.78, 5) is 0. The molecule has 0 saturated carbocycles. The molecule has 0 aliphatic rings. The third kappa shape index (κ3) is 4.24. The lowest BCUT2D eigenvalue weighted by Gasteiger charge is -2.18. The van der Waals surface area contributed by atoms with E-state index >= 15 is 0 Å². The third-order valence-electron chi connectivity index (χ3n) is 7.88. The fraction of sp³-hybridized carbons (Fsp3) is 0. The number of hydrogen-bond donors (Lipinski definition) is 0. The van der Waals surface area contributed by atoms with Gasteiger partial charge in [-0.3, -0.25) is 0 Å². The van der Waals surface area contributed by atoms with Crippen LogP contribution in [-0.2, 0) is 0 Å². The Morgan fingerprint density at radius 2 is 0.867 bits per heavy atom. The fourth-order valence-corrected chi connectivity index (χ4v) is 5.87. The first kappa shape index (κ1) is 14.7. The average molecular weight is 588 g/mol. The Bertz CT molecular complexity index is 3260. The highest BCUT2D eigenvalue weighted by molar-refractivity contribution is 6.22. The van der Waals surface area contributed by atoms with Crippen LogP contribution in [0.25, 0.3) is 88.0 Å². The molecule has 0 saturated heterocycles. The molecule has 9 rings (SSSR count). The summed E-state index contributed by atoms with van der Waals surface area (Å²) < 4.78 is 140. The molecular formula is C44H28O. The summed E-state index contributed by atoms with van der Waals surface area (Å²) >= 11 is 0. The Morgan fingerprint density at radius 3 is 1.53 bits per heavy atom. The molecule has 0 fully saturated rings. The quantitative estimate of drug-likeness (QED) is 0.187. The summed E-state index contributed by atoms with van der Waals surface area (Å²) in [6.45, 7) is 0. The molecule has 9 aromatic rings. The summed E-state index contributed by atoms with van der Waals surface area (Å²) in [5, 5.41) is 1.71. The maximum atomic E-state index is 9.59. The summed E-state index contributed by atoms with van der Waals surface area (Å²) in [7, 11) is 0. The van der Waals surface area contributed by atoms with Crippen molar-refractivity contribution in [3.05, 3.63) is 169 Å². The standard InChI is InChI=1S/C44H28O/c1-3-11-29(12-4-1)31-19-21-32(22-20-31)43-36-15-7-9-17-38(36)44(39-18-10-8-16-37(39)43)34-23-25-35-40-27-33(30-13-5-2-6-14-30)24-26-41(40)45-42(35)28-34/h1-28H/i1D,3D,4D,11D,12D,19D,20D,21D,22D,23D,24D,25D,26D,27D,28D. The van der Waals surface area contributed by atoms with Gasteiger partial charge in [-0.05, 0) is 90.2 Å². The normalized spacial score (nSPS) is 16.2. The van der Waals surface area contributed by atoms with E-state index in [1.54, 1.807) is 78.9 Å². The molecule has 1 heterocycles. The van der Waals surface area contributed by atoms with Crippen LogP contribution in [0, 0.1) is 0 Å². The van der Waals surface area contributed by atoms with Crippen LogP contribution in [0.5, 0.6) is 0 Å². The van der Waals surface area contributed by atoms with E-state index in [4.69, 9.17) is 16.8 Å². The minimum Gasteiger partial charge on any atom is -0.456 e. The number of hydrogen-bond acceptors (Lipinski definition) is 1. The van der Waals surface area contributed by atoms with Crippen molar-refractivity contribution in [1.29, 1.82) is 0 Å². The first-order chi connectivity index (χ1) is 28.6. The molecule has 0 bridgehead atoms. The highest BCUT2D eigenvalue weighted by Gasteiger charge is 2.18. The summed E-state index contributed by atoms with van der Waals surface area (Å²) in [6.07, 6.45) is 0. The number of benzene rings is 8. The zero-order valence-electron chi connectivity index (χ0n) is 38.4. The van der Waals surface area contributed by atoms with Crippen LogP contribution in [0.15, 0.2) is 174 Å². The number of fused-ring (bicyclic) bond motifs is 5. The topological polar surface area (TPSA) is 13.1 Å². The third-order valence-corrected chi connectivity index (χ3v) is 7.88. The molecule has 1 aromatic heterocycles. The first-order valence-electron chi connectivity index (χ1n) is 21.7. The molecule has 0 atom stereocenters. The van der Waals surface area contributed by atoms with Gasteiger partial charge in [0.25, 0.3) is 0 Å². The van der Waals surface area contributed by atoms with Gasteiger partial charge in [-0.1, -0.05) is 145 Å². The van der Waals surface area contributed by atoms with Gasteiger partial charge in [-0.25, -0.2) is 0 Å². The van der Waals surface area contributed by atoms with Crippen LogP contribution in [0.2, 0.25) is 0 Å². The van der Waals surface area contributed by atoms with Crippen molar-refractivity contribution in [2.75, 3.05) is 0 Å². The second-order valence-electron chi connectivity index (χ2n) is 10.5. The summed E-state index contributed by atoms with van der Waals surface area (Å²) in [5.41, 5.74) is -0.0590. The molecule has 0 aliphatic carbocycles. The van der Waals surface area contributed by atoms with Gasteiger partial charge in [0.2, 0.25) is 0 Å². The number of furan rings is 1. The number of rotatable bonds is 4. The zero-order chi connectivity index (χ0) is 42.8. The van der Waals surface area contributed by atoms with Gasteiger partial charge in [0.05, 0.1) is 20.6 Å². The molecule has 1 heteroatoms. The highest BCUT2D eigenvalue weighted by Crippen LogP contribution is 2.45. The van der Waals surface area contributed by atoms with Gasteiger partial charge < -0.3 is 4.42 Å². The van der Waals surface area contributed by atoms with Crippen molar-refractivity contribution < 1.29 is 25.0 Å². The second-order valence-corrected chi connectivity index (χ2v) is 10.5. The van der Waals surface area contributed by atoms with Gasteiger partial charge in [-0.2, -0.15) is 0 Å². The smallest absolute Gasteiger partial charge is 0.136 e. The van der Waals surface area contributed by atoms with Gasteiger partial charge >= 0.3 is 0 Å². The summed E-state index contributed by atoms with van der Waals surface area (Å²) in [6, 6.07) is 14.9. The maximum Gasteiger partial charge on any atom is 0.136 e. The molecule has 0 unspecified atom stereocenters. The van der Waals surface area contributed by atoms with E-state index in [0.717, 1.165) is 0 Å². The Kier molecular flexibility index (Phi) is 3.39. The highest BCUT2D eigenvalue weighted by atomic mass is 16.3. The fourth-order valence-electron chi connectivity index (χ4n) is 5.87. The molecule has 210 valence electrons. The Balaban J connectivity index is 1.37. The van der Waals surface area contributed by atoms with E-state index in [1.807, 2.05) is 0 Å². The van der Waals surface area contributed by atoms with E-state index in [-0.39, 0.29) is 80.4 Å². The van der Waals surface area contributed by atoms with Crippen LogP contribution in [-0.4, -0.2) is 0 Å². The monoisotopic (exact) mass is 587 g/mol. The van der Waals surface area contributed by atoms with Gasteiger partial charge in [-0.15, -0.1) is 0 Å². The van der Waals surface area contributed by atoms with E-state index in [9.17, 15) is 8.22 Å². The SMILES string of the molecule is [2H]c1c([2H])c([2H])c(-c2c([2H])c([2H])c(-c3c4ccccc4c(-c4c([2H])c([2H])c5c(oc6c([2H])c([2H])c(-c7ccccc7)c([2H])c65)c4[2H])c4ccccc34)c([2H])c2[2H])c([2H])c1[2H]. The lowest BCUT2D eigenvalue weighted by molar-refractivity contribution is 0.669. The molecule has 1 nitrogen and oxygen atoms in total. The minimum absolute atomic E-state index is 0.00552. The van der Waals surface area contributed by atoms with Crippen LogP contribution < -0.4 is 0 Å². The van der Waals surface area contributed by atoms with Crippen LogP contribution >= 0.6 is 0 Å². The van der Waals surface area contributed by atoms with Crippen molar-refractivity contribution in [2.45, 2.75) is 0 Å². The molecule has 0 aliphatic heterocycles. The molecule has 0 N–H and O–H groups in total. The lowest BCUT2D eigenvalue weighted by atomic mass is 9.85. The molecule has 0 amide bonds. The lowest BCUT2D eigenvalue weighted by Crippen LogP contribution is -1.91. The first-order valence-corrected chi connectivity index (χ1v) is 14.2. The van der Waals surface area contributed by atoms with E-state index < -0.39 is 65.5 Å². The van der Waals surface area contributed by atoms with Crippen molar-refractivity contribution in [3.63, 3.8) is 0 Å². The molecular weight excluding hydrogens is 544 g/mol. The van der Waals surface area contributed by atoms with Crippen LogP contribution in [0.4, 0.5) is 0 Å². The van der Waals surface area contributed by atoms with Crippen molar-refractivity contribution >= 4 is 43.5 Å². The van der Waals surface area contributed by atoms with Crippen molar-refractivity contribution in [1.82, 2.24) is 0 Å². The van der Waals surface area contributed by atoms with Crippen molar-refractivity contribution in [3.8, 4) is 44.5 Å². The molecule has 45 heavy (non-hydrogen) atoms. The molecule has 0 radical (unpaired) electrons. The maximum absolute atomic E-state index is 9.59. The van der Waals surface area contributed by atoms with E-state index in [2.05, 4.69) is 0 Å².